The van der Waals surface area contributed by atoms with Gasteiger partial charge in [-0.25, -0.2) is 10.2 Å². The van der Waals surface area contributed by atoms with Gasteiger partial charge in [0.1, 0.15) is 11.5 Å². The first-order chi connectivity index (χ1) is 14.0. The van der Waals surface area contributed by atoms with Crippen LogP contribution in [0.5, 0.6) is 11.5 Å². The maximum atomic E-state index is 12.2. The van der Waals surface area contributed by atoms with E-state index in [1.54, 1.807) is 67.8 Å². The van der Waals surface area contributed by atoms with Crippen LogP contribution in [0, 0.1) is 6.92 Å². The van der Waals surface area contributed by atoms with Gasteiger partial charge in [-0.3, -0.25) is 4.79 Å². The molecule has 6 nitrogen and oxygen atoms in total. The highest BCUT2D eigenvalue weighted by Gasteiger charge is 2.08. The molecule has 3 aromatic rings. The summed E-state index contributed by atoms with van der Waals surface area (Å²) >= 11 is 0. The number of methoxy groups -OCH3 is 1. The average molecular weight is 388 g/mol. The summed E-state index contributed by atoms with van der Waals surface area (Å²) in [6.07, 6.45) is 1.48. The van der Waals surface area contributed by atoms with E-state index in [0.717, 1.165) is 5.56 Å². The van der Waals surface area contributed by atoms with Crippen LogP contribution in [0.1, 0.15) is 31.8 Å². The van der Waals surface area contributed by atoms with E-state index in [9.17, 15) is 9.59 Å². The van der Waals surface area contributed by atoms with Crippen LogP contribution in [0.4, 0.5) is 0 Å². The smallest absolute Gasteiger partial charge is 0.343 e. The van der Waals surface area contributed by atoms with Crippen LogP contribution in [0.3, 0.4) is 0 Å². The minimum atomic E-state index is -0.438. The van der Waals surface area contributed by atoms with Crippen molar-refractivity contribution in [2.24, 2.45) is 5.10 Å². The molecule has 146 valence electrons. The van der Waals surface area contributed by atoms with Crippen molar-refractivity contribution in [2.45, 2.75) is 6.92 Å². The fraction of sp³-hybridized carbons (Fsp3) is 0.0870. The van der Waals surface area contributed by atoms with Crippen molar-refractivity contribution in [1.29, 1.82) is 0 Å². The zero-order valence-corrected chi connectivity index (χ0v) is 16.1. The summed E-state index contributed by atoms with van der Waals surface area (Å²) in [5, 5.41) is 3.95. The molecule has 1 amide bonds. The Balaban J connectivity index is 1.60. The van der Waals surface area contributed by atoms with E-state index in [1.165, 1.54) is 6.21 Å². The first-order valence-electron chi connectivity index (χ1n) is 8.91. The lowest BCUT2D eigenvalue weighted by Gasteiger charge is -2.05. The number of carbonyl (C=O) groups is 2. The maximum Gasteiger partial charge on any atom is 0.343 e. The van der Waals surface area contributed by atoms with Gasteiger partial charge in [0.15, 0.2) is 0 Å². The van der Waals surface area contributed by atoms with E-state index >= 15 is 0 Å². The topological polar surface area (TPSA) is 77.0 Å². The number of esters is 1. The van der Waals surface area contributed by atoms with Crippen LogP contribution >= 0.6 is 0 Å². The van der Waals surface area contributed by atoms with E-state index in [0.29, 0.717) is 28.2 Å². The molecule has 0 aliphatic heterocycles. The number of benzene rings is 3. The molecule has 3 aromatic carbocycles. The van der Waals surface area contributed by atoms with Crippen LogP contribution in [0.2, 0.25) is 0 Å². The Morgan fingerprint density at radius 1 is 0.897 bits per heavy atom. The Morgan fingerprint density at radius 2 is 1.59 bits per heavy atom. The predicted molar refractivity (Wildman–Crippen MR) is 111 cm³/mol. The number of nitrogens with one attached hydrogen (secondary N) is 1. The number of rotatable bonds is 6. The average Bonchev–Trinajstić information content (AvgIpc) is 2.74. The Hall–Kier alpha value is -3.93. The summed E-state index contributed by atoms with van der Waals surface area (Å²) in [5.41, 5.74) is 5.13. The molecular formula is C23H20N2O4. The first-order valence-corrected chi connectivity index (χ1v) is 8.91. The van der Waals surface area contributed by atoms with Gasteiger partial charge in [-0.15, -0.1) is 0 Å². The number of aryl methyl sites for hydroxylation is 1. The molecule has 0 bridgehead atoms. The van der Waals surface area contributed by atoms with E-state index < -0.39 is 5.97 Å². The summed E-state index contributed by atoms with van der Waals surface area (Å²) < 4.78 is 10.5. The molecule has 0 saturated heterocycles. The molecule has 1 N–H and O–H groups in total. The van der Waals surface area contributed by atoms with Gasteiger partial charge >= 0.3 is 5.97 Å². The minimum Gasteiger partial charge on any atom is -0.497 e. The Labute approximate surface area is 168 Å². The molecule has 0 spiro atoms. The number of hydrogen-bond acceptors (Lipinski definition) is 5. The molecule has 0 aliphatic rings. The molecule has 29 heavy (non-hydrogen) atoms. The highest BCUT2D eigenvalue weighted by molar-refractivity contribution is 5.95. The number of hydrazone groups is 1. The van der Waals surface area contributed by atoms with Crippen molar-refractivity contribution in [2.75, 3.05) is 7.11 Å². The third kappa shape index (κ3) is 5.52. The summed E-state index contributed by atoms with van der Waals surface area (Å²) in [7, 11) is 1.56. The second kappa shape index (κ2) is 9.32. The summed E-state index contributed by atoms with van der Waals surface area (Å²) in [4.78, 5) is 24.3. The molecule has 0 aliphatic carbocycles. The second-order valence-corrected chi connectivity index (χ2v) is 6.26. The fourth-order valence-corrected chi connectivity index (χ4v) is 2.49. The van der Waals surface area contributed by atoms with E-state index in [2.05, 4.69) is 10.5 Å². The van der Waals surface area contributed by atoms with Gasteiger partial charge in [0.05, 0.1) is 18.9 Å². The predicted octanol–water partition coefficient (Wildman–Crippen LogP) is 3.99. The van der Waals surface area contributed by atoms with Crippen molar-refractivity contribution in [3.05, 3.63) is 95.1 Å². The molecule has 0 heterocycles. The molecular weight excluding hydrogens is 368 g/mol. The van der Waals surface area contributed by atoms with Crippen molar-refractivity contribution in [3.63, 3.8) is 0 Å². The van der Waals surface area contributed by atoms with Crippen molar-refractivity contribution in [3.8, 4) is 11.5 Å². The third-order valence-corrected chi connectivity index (χ3v) is 4.09. The normalized spacial score (nSPS) is 10.6. The number of ether oxygens (including phenoxy) is 2. The monoisotopic (exact) mass is 388 g/mol. The number of carbonyl (C=O) groups excluding carboxylic acids is 2. The van der Waals surface area contributed by atoms with Crippen LogP contribution < -0.4 is 14.9 Å². The van der Waals surface area contributed by atoms with Gasteiger partial charge < -0.3 is 9.47 Å². The molecule has 0 atom stereocenters. The zero-order valence-electron chi connectivity index (χ0n) is 16.1. The second-order valence-electron chi connectivity index (χ2n) is 6.26. The molecule has 0 radical (unpaired) electrons. The lowest BCUT2D eigenvalue weighted by atomic mass is 10.1. The molecule has 0 saturated carbocycles. The highest BCUT2D eigenvalue weighted by atomic mass is 16.5. The van der Waals surface area contributed by atoms with Gasteiger partial charge in [-0.05, 0) is 61.0 Å². The maximum absolute atomic E-state index is 12.2. The number of nitrogens with zero attached hydrogens (tertiary/aromatic N) is 1. The van der Waals surface area contributed by atoms with Gasteiger partial charge in [0, 0.05) is 5.56 Å². The summed E-state index contributed by atoms with van der Waals surface area (Å²) in [6, 6.07) is 20.7. The van der Waals surface area contributed by atoms with Gasteiger partial charge in [-0.2, -0.15) is 5.10 Å². The summed E-state index contributed by atoms with van der Waals surface area (Å²) in [5.74, 6) is 0.279. The fourth-order valence-electron chi connectivity index (χ4n) is 2.49. The standard InChI is InChI=1S/C23H20N2O4/c1-16-6-8-19(9-7-16)23(27)29-21-5-3-4-17(14-21)15-24-25-22(26)18-10-12-20(28-2)13-11-18/h3-15H,1-2H3,(H,25,26)/b24-15-. The Kier molecular flexibility index (Phi) is 6.37. The van der Waals surface area contributed by atoms with Crippen LogP contribution in [-0.4, -0.2) is 25.2 Å². The van der Waals surface area contributed by atoms with Gasteiger partial charge in [-0.1, -0.05) is 29.8 Å². The zero-order chi connectivity index (χ0) is 20.6. The van der Waals surface area contributed by atoms with Crippen LogP contribution in [0.15, 0.2) is 77.9 Å². The molecule has 0 fully saturated rings. The molecule has 0 unspecified atom stereocenters. The van der Waals surface area contributed by atoms with E-state index in [1.807, 2.05) is 19.1 Å². The lowest BCUT2D eigenvalue weighted by Crippen LogP contribution is -2.17. The first kappa shape index (κ1) is 19.8. The van der Waals surface area contributed by atoms with E-state index in [4.69, 9.17) is 9.47 Å². The van der Waals surface area contributed by atoms with E-state index in [-0.39, 0.29) is 5.91 Å². The highest BCUT2D eigenvalue weighted by Crippen LogP contribution is 2.15. The molecule has 6 heteroatoms. The SMILES string of the molecule is COc1ccc(C(=O)N/N=C\c2cccc(OC(=O)c3ccc(C)cc3)c2)cc1. The largest absolute Gasteiger partial charge is 0.497 e. The molecule has 0 aromatic heterocycles. The van der Waals surface area contributed by atoms with Crippen molar-refractivity contribution in [1.82, 2.24) is 5.43 Å². The third-order valence-electron chi connectivity index (χ3n) is 4.09. The Bertz CT molecular complexity index is 1030. The minimum absolute atomic E-state index is 0.342. The van der Waals surface area contributed by atoms with Gasteiger partial charge in [0.2, 0.25) is 0 Å². The van der Waals surface area contributed by atoms with Crippen LogP contribution in [0.25, 0.3) is 0 Å². The van der Waals surface area contributed by atoms with Crippen LogP contribution in [-0.2, 0) is 0 Å². The van der Waals surface area contributed by atoms with Gasteiger partial charge in [0.25, 0.3) is 5.91 Å². The van der Waals surface area contributed by atoms with Crippen molar-refractivity contribution < 1.29 is 19.1 Å². The number of hydrogen-bond donors (Lipinski definition) is 1. The van der Waals surface area contributed by atoms with Crippen molar-refractivity contribution >= 4 is 18.1 Å². The molecule has 3 rings (SSSR count). The quantitative estimate of drug-likeness (QED) is 0.300. The number of amides is 1. The Morgan fingerprint density at radius 3 is 2.28 bits per heavy atom. The summed E-state index contributed by atoms with van der Waals surface area (Å²) in [6.45, 7) is 1.95. The lowest BCUT2D eigenvalue weighted by molar-refractivity contribution is 0.0734.